The average Bonchev–Trinajstić information content (AvgIpc) is 3.14. The molecule has 0 aliphatic carbocycles. The van der Waals surface area contributed by atoms with Crippen molar-refractivity contribution in [1.29, 1.82) is 0 Å². The van der Waals surface area contributed by atoms with Crippen molar-refractivity contribution in [3.63, 3.8) is 0 Å². The number of benzene rings is 3. The summed E-state index contributed by atoms with van der Waals surface area (Å²) in [6.45, 7) is 1.68. The minimum Gasteiger partial charge on any atom is -0.399 e. The number of H-pyrrole nitrogens is 1. The quantitative estimate of drug-likeness (QED) is 0.0810. The third-order valence-corrected chi connectivity index (χ3v) is 7.29. The first-order chi connectivity index (χ1) is 17.8. The third kappa shape index (κ3) is 5.78. The largest absolute Gasteiger partial charge is 0.399 e. The van der Waals surface area contributed by atoms with E-state index in [1.54, 1.807) is 31.2 Å². The molecule has 0 bridgehead atoms. The summed E-state index contributed by atoms with van der Waals surface area (Å²) in [4.78, 5) is 11.9. The van der Waals surface area contributed by atoms with Gasteiger partial charge in [0, 0.05) is 5.69 Å². The van der Waals surface area contributed by atoms with Gasteiger partial charge in [-0.1, -0.05) is 42.5 Å². The van der Waals surface area contributed by atoms with Crippen LogP contribution in [0.4, 0.5) is 17.1 Å². The van der Waals surface area contributed by atoms with Crippen LogP contribution < -0.4 is 22.1 Å². The fraction of sp³-hybridized carbons (Fsp3) is 0.0417. The highest BCUT2D eigenvalue weighted by Gasteiger charge is 2.18. The predicted octanol–water partition coefficient (Wildman–Crippen LogP) is 3.16. The van der Waals surface area contributed by atoms with Crippen LogP contribution in [0.2, 0.25) is 0 Å². The second kappa shape index (κ2) is 10.2. The van der Waals surface area contributed by atoms with E-state index in [2.05, 4.69) is 16.0 Å². The lowest BCUT2D eigenvalue weighted by atomic mass is 10.1. The maximum atomic E-state index is 12.8. The van der Waals surface area contributed by atoms with Gasteiger partial charge in [-0.25, -0.2) is 4.68 Å². The Balaban J connectivity index is 1.64. The van der Waals surface area contributed by atoms with Gasteiger partial charge in [-0.15, -0.1) is 0 Å². The van der Waals surface area contributed by atoms with Gasteiger partial charge in [0.15, 0.2) is 0 Å². The van der Waals surface area contributed by atoms with Gasteiger partial charge in [0.05, 0.1) is 17.1 Å². The van der Waals surface area contributed by atoms with Crippen LogP contribution in [-0.4, -0.2) is 35.7 Å². The molecule has 1 aromatic heterocycles. The number of aromatic amines is 1. The Morgan fingerprint density at radius 1 is 0.842 bits per heavy atom. The Morgan fingerprint density at radius 2 is 1.42 bits per heavy atom. The molecule has 0 aliphatic heterocycles. The Hall–Kier alpha value is -4.37. The van der Waals surface area contributed by atoms with Crippen molar-refractivity contribution in [2.45, 2.75) is 16.7 Å². The molecular formula is C24H23N5O7S2. The first-order valence-electron chi connectivity index (χ1n) is 10.9. The molecule has 0 aliphatic rings. The van der Waals surface area contributed by atoms with Gasteiger partial charge in [-0.3, -0.25) is 24.4 Å². The number of nitrogens with one attached hydrogen (secondary N) is 3. The molecule has 0 radical (unpaired) electrons. The summed E-state index contributed by atoms with van der Waals surface area (Å²) in [7, 11) is -9.32. The normalized spacial score (nSPS) is 12.1. The van der Waals surface area contributed by atoms with Crippen molar-refractivity contribution in [1.82, 2.24) is 9.78 Å². The number of hydrazine groups is 1. The number of nitrogens with zero attached hydrogens (tertiary/aromatic N) is 1. The number of aromatic nitrogens is 2. The molecule has 7 N–H and O–H groups in total. The molecule has 3 aromatic carbocycles. The van der Waals surface area contributed by atoms with Crippen molar-refractivity contribution in [3.05, 3.63) is 93.9 Å². The Morgan fingerprint density at radius 3 is 2.03 bits per heavy atom. The third-order valence-electron chi connectivity index (χ3n) is 5.47. The maximum Gasteiger partial charge on any atom is 0.296 e. The van der Waals surface area contributed by atoms with Gasteiger partial charge in [-0.05, 0) is 54.4 Å². The van der Waals surface area contributed by atoms with Crippen molar-refractivity contribution in [3.8, 4) is 5.69 Å². The fourth-order valence-electron chi connectivity index (χ4n) is 3.65. The van der Waals surface area contributed by atoms with Gasteiger partial charge in [0.2, 0.25) is 0 Å². The van der Waals surface area contributed by atoms with E-state index < -0.39 is 30.0 Å². The van der Waals surface area contributed by atoms with Gasteiger partial charge < -0.3 is 11.2 Å². The van der Waals surface area contributed by atoms with Crippen molar-refractivity contribution in [2.24, 2.45) is 0 Å². The maximum absolute atomic E-state index is 12.8. The minimum atomic E-state index is -4.72. The van der Waals surface area contributed by atoms with E-state index in [1.807, 2.05) is 6.07 Å². The zero-order valence-corrected chi connectivity index (χ0v) is 21.4. The van der Waals surface area contributed by atoms with Crippen molar-refractivity contribution >= 4 is 49.5 Å². The number of para-hydroxylation sites is 1. The molecule has 0 saturated carbocycles. The number of anilines is 3. The molecule has 38 heavy (non-hydrogen) atoms. The van der Waals surface area contributed by atoms with Gasteiger partial charge in [0.25, 0.3) is 25.8 Å². The highest BCUT2D eigenvalue weighted by atomic mass is 32.2. The number of aryl methyl sites for hydroxylation is 1. The lowest BCUT2D eigenvalue weighted by molar-refractivity contribution is 0.480. The highest BCUT2D eigenvalue weighted by molar-refractivity contribution is 7.86. The fourth-order valence-corrected chi connectivity index (χ4v) is 5.08. The van der Waals surface area contributed by atoms with E-state index in [4.69, 9.17) is 5.73 Å². The Bertz CT molecular complexity index is 1810. The molecule has 12 nitrogen and oxygen atoms in total. The summed E-state index contributed by atoms with van der Waals surface area (Å²) >= 11 is 0. The zero-order chi connectivity index (χ0) is 27.7. The smallest absolute Gasteiger partial charge is 0.296 e. The second-order valence-corrected chi connectivity index (χ2v) is 11.0. The molecule has 0 spiro atoms. The molecule has 0 amide bonds. The molecule has 14 heteroatoms. The predicted molar refractivity (Wildman–Crippen MR) is 144 cm³/mol. The lowest BCUT2D eigenvalue weighted by Gasteiger charge is -2.11. The Labute approximate surface area is 217 Å². The summed E-state index contributed by atoms with van der Waals surface area (Å²) in [6, 6.07) is 16.7. The van der Waals surface area contributed by atoms with Crippen LogP contribution in [0.25, 0.3) is 17.8 Å². The van der Waals surface area contributed by atoms with Crippen LogP contribution >= 0.6 is 0 Å². The standard InChI is InChI=1S/C24H23N5O7S2/c1-15-23(24(30)29(28-15)20-5-3-2-4-6-20)27-26-19-12-10-17(22(14-19)38(34,35)36)8-7-16-9-11-18(25)13-21(16)37(31,32)33/h2-14,26-28H,25H2,1H3,(H,31,32,33)(H,34,35,36). The van der Waals surface area contributed by atoms with E-state index in [9.17, 15) is 30.7 Å². The topological polar surface area (TPSA) is 197 Å². The molecule has 0 unspecified atom stereocenters. The van der Waals surface area contributed by atoms with Crippen LogP contribution in [0.5, 0.6) is 0 Å². The highest BCUT2D eigenvalue weighted by Crippen LogP contribution is 2.26. The monoisotopic (exact) mass is 557 g/mol. The molecule has 1 heterocycles. The summed E-state index contributed by atoms with van der Waals surface area (Å²) in [5.41, 5.74) is 12.4. The van der Waals surface area contributed by atoms with E-state index in [0.29, 0.717) is 11.4 Å². The van der Waals surface area contributed by atoms with Crippen LogP contribution in [0.15, 0.2) is 81.3 Å². The molecule has 0 atom stereocenters. The minimum absolute atomic E-state index is 0.0282. The summed E-state index contributed by atoms with van der Waals surface area (Å²) < 4.78 is 68.2. The number of nitrogens with two attached hydrogens (primary N) is 1. The average molecular weight is 558 g/mol. The first-order valence-corrected chi connectivity index (χ1v) is 13.8. The second-order valence-electron chi connectivity index (χ2n) is 8.17. The SMILES string of the molecule is Cc1[nH]n(-c2ccccc2)c(=O)c1NNc1ccc(C=Cc2ccc(N)cc2S(=O)(=O)O)c(S(=O)(=O)O)c1. The number of hydrogen-bond acceptors (Lipinski definition) is 8. The zero-order valence-electron chi connectivity index (χ0n) is 19.8. The lowest BCUT2D eigenvalue weighted by Crippen LogP contribution is -2.20. The Kier molecular flexibility index (Phi) is 7.15. The van der Waals surface area contributed by atoms with Gasteiger partial charge in [0.1, 0.15) is 15.5 Å². The number of rotatable bonds is 8. The van der Waals surface area contributed by atoms with Crippen LogP contribution in [0.3, 0.4) is 0 Å². The van der Waals surface area contributed by atoms with Gasteiger partial charge >= 0.3 is 0 Å². The van der Waals surface area contributed by atoms with E-state index >= 15 is 0 Å². The van der Waals surface area contributed by atoms with Crippen LogP contribution in [0.1, 0.15) is 16.8 Å². The van der Waals surface area contributed by atoms with Crippen molar-refractivity contribution in [2.75, 3.05) is 16.6 Å². The molecule has 0 fully saturated rings. The first kappa shape index (κ1) is 26.7. The van der Waals surface area contributed by atoms with E-state index in [1.165, 1.54) is 41.1 Å². The van der Waals surface area contributed by atoms with Crippen LogP contribution in [-0.2, 0) is 20.2 Å². The summed E-state index contributed by atoms with van der Waals surface area (Å²) in [5, 5.41) is 2.95. The summed E-state index contributed by atoms with van der Waals surface area (Å²) in [5.74, 6) is 0. The summed E-state index contributed by atoms with van der Waals surface area (Å²) in [6.07, 6.45) is 2.52. The van der Waals surface area contributed by atoms with E-state index in [0.717, 1.165) is 12.1 Å². The van der Waals surface area contributed by atoms with Gasteiger partial charge in [-0.2, -0.15) is 16.8 Å². The van der Waals surface area contributed by atoms with E-state index in [-0.39, 0.29) is 33.7 Å². The molecular weight excluding hydrogens is 534 g/mol. The molecule has 198 valence electrons. The number of nitrogen functional groups attached to an aromatic ring is 1. The molecule has 4 rings (SSSR count). The number of hydrogen-bond donors (Lipinski definition) is 6. The molecule has 0 saturated heterocycles. The van der Waals surface area contributed by atoms with Crippen molar-refractivity contribution < 1.29 is 25.9 Å². The van der Waals surface area contributed by atoms with Crippen LogP contribution in [0, 0.1) is 6.92 Å². The molecule has 4 aromatic rings.